The zero-order valence-electron chi connectivity index (χ0n) is 15.4. The number of nitrogens with zero attached hydrogens (tertiary/aromatic N) is 1. The smallest absolute Gasteiger partial charge is 0.376 e. The molecule has 156 valence electrons. The number of nitrogens with two attached hydrogens (primary N) is 1. The summed E-state index contributed by atoms with van der Waals surface area (Å²) in [7, 11) is 3.28. The number of amides is 2. The Balaban J connectivity index is 0. The first-order chi connectivity index (χ1) is 11.4. The number of nitrogens with one attached hydrogen (secondary N) is 2. The molecule has 0 saturated heterocycles. The molecule has 0 saturated carbocycles. The van der Waals surface area contributed by atoms with Gasteiger partial charge < -0.3 is 21.3 Å². The van der Waals surface area contributed by atoms with Crippen molar-refractivity contribution in [2.75, 3.05) is 30.9 Å². The predicted octanol–water partition coefficient (Wildman–Crippen LogP) is 2.65. The standard InChI is InChI=1S/C16H23F3N4O2.2ClH/c1-9(2)14(20)15(25)21-8-13(24)22-11-7-10(16(17,18)19)5-6-12(11)23(3)4;;/h5-7,9,14H,8,20H2,1-4H3,(H,21,25)(H,22,24);2*1H/t14-;;/m0../s1. The van der Waals surface area contributed by atoms with Crippen LogP contribution in [0.5, 0.6) is 0 Å². The van der Waals surface area contributed by atoms with E-state index in [0.717, 1.165) is 12.1 Å². The van der Waals surface area contributed by atoms with Crippen LogP contribution < -0.4 is 21.3 Å². The molecule has 0 heterocycles. The van der Waals surface area contributed by atoms with E-state index in [0.29, 0.717) is 5.69 Å². The second-order valence-electron chi connectivity index (χ2n) is 6.16. The van der Waals surface area contributed by atoms with Crippen LogP contribution in [0.2, 0.25) is 0 Å². The number of rotatable bonds is 6. The van der Waals surface area contributed by atoms with Gasteiger partial charge in [0.1, 0.15) is 0 Å². The van der Waals surface area contributed by atoms with Crippen LogP contribution in [0.4, 0.5) is 24.5 Å². The Labute approximate surface area is 168 Å². The highest BCUT2D eigenvalue weighted by molar-refractivity contribution is 5.97. The molecule has 27 heavy (non-hydrogen) atoms. The van der Waals surface area contributed by atoms with Crippen molar-refractivity contribution in [2.24, 2.45) is 11.7 Å². The number of anilines is 2. The van der Waals surface area contributed by atoms with Crippen molar-refractivity contribution >= 4 is 48.0 Å². The van der Waals surface area contributed by atoms with E-state index < -0.39 is 29.6 Å². The Hall–Kier alpha value is -1.71. The van der Waals surface area contributed by atoms with Gasteiger partial charge in [0.2, 0.25) is 11.8 Å². The Morgan fingerprint density at radius 2 is 1.74 bits per heavy atom. The van der Waals surface area contributed by atoms with Gasteiger partial charge in [-0.05, 0) is 24.1 Å². The summed E-state index contributed by atoms with van der Waals surface area (Å²) in [4.78, 5) is 25.3. The largest absolute Gasteiger partial charge is 0.416 e. The lowest BCUT2D eigenvalue weighted by Crippen LogP contribution is -2.46. The molecule has 2 amide bonds. The topological polar surface area (TPSA) is 87.5 Å². The monoisotopic (exact) mass is 432 g/mol. The normalized spacial score (nSPS) is 11.7. The van der Waals surface area contributed by atoms with Gasteiger partial charge in [0.05, 0.1) is 29.5 Å². The number of hydrogen-bond acceptors (Lipinski definition) is 4. The van der Waals surface area contributed by atoms with Gasteiger partial charge in [-0.15, -0.1) is 24.8 Å². The van der Waals surface area contributed by atoms with E-state index in [2.05, 4.69) is 10.6 Å². The lowest BCUT2D eigenvalue weighted by molar-refractivity contribution is -0.137. The molecule has 0 aliphatic rings. The van der Waals surface area contributed by atoms with E-state index in [1.165, 1.54) is 6.07 Å². The number of carbonyl (C=O) groups is 2. The third-order valence-corrected chi connectivity index (χ3v) is 3.52. The first-order valence-electron chi connectivity index (χ1n) is 7.65. The van der Waals surface area contributed by atoms with Crippen LogP contribution in [0.3, 0.4) is 0 Å². The van der Waals surface area contributed by atoms with Gasteiger partial charge in [0.15, 0.2) is 0 Å². The maximum atomic E-state index is 12.9. The lowest BCUT2D eigenvalue weighted by Gasteiger charge is -2.20. The minimum atomic E-state index is -4.53. The van der Waals surface area contributed by atoms with Crippen molar-refractivity contribution in [1.82, 2.24) is 5.32 Å². The molecule has 4 N–H and O–H groups in total. The predicted molar refractivity (Wildman–Crippen MR) is 105 cm³/mol. The number of halogens is 5. The fourth-order valence-electron chi connectivity index (χ4n) is 1.98. The highest BCUT2D eigenvalue weighted by Crippen LogP contribution is 2.34. The molecule has 1 atom stereocenters. The van der Waals surface area contributed by atoms with Crippen molar-refractivity contribution in [2.45, 2.75) is 26.1 Å². The fraction of sp³-hybridized carbons (Fsp3) is 0.500. The molecule has 0 aliphatic carbocycles. The van der Waals surface area contributed by atoms with E-state index >= 15 is 0 Å². The Morgan fingerprint density at radius 3 is 2.19 bits per heavy atom. The van der Waals surface area contributed by atoms with Gasteiger partial charge in [-0.2, -0.15) is 13.2 Å². The molecule has 0 unspecified atom stereocenters. The van der Waals surface area contributed by atoms with Crippen LogP contribution in [-0.2, 0) is 15.8 Å². The molecular weight excluding hydrogens is 408 g/mol. The van der Waals surface area contributed by atoms with Crippen molar-refractivity contribution < 1.29 is 22.8 Å². The van der Waals surface area contributed by atoms with Crippen LogP contribution >= 0.6 is 24.8 Å². The van der Waals surface area contributed by atoms with Gasteiger partial charge >= 0.3 is 6.18 Å². The number of carbonyl (C=O) groups excluding carboxylic acids is 2. The van der Waals surface area contributed by atoms with Gasteiger partial charge in [-0.25, -0.2) is 0 Å². The van der Waals surface area contributed by atoms with E-state index in [-0.39, 0.29) is 43.0 Å². The molecule has 1 aromatic carbocycles. The fourth-order valence-corrected chi connectivity index (χ4v) is 1.98. The zero-order valence-corrected chi connectivity index (χ0v) is 17.0. The highest BCUT2D eigenvalue weighted by atomic mass is 35.5. The maximum Gasteiger partial charge on any atom is 0.416 e. The number of hydrogen-bond donors (Lipinski definition) is 3. The van der Waals surface area contributed by atoms with Crippen LogP contribution in [0, 0.1) is 5.92 Å². The average molecular weight is 433 g/mol. The molecule has 0 fully saturated rings. The average Bonchev–Trinajstić information content (AvgIpc) is 2.50. The molecule has 1 aromatic rings. The van der Waals surface area contributed by atoms with E-state index in [4.69, 9.17) is 5.73 Å². The molecule has 0 aromatic heterocycles. The summed E-state index contributed by atoms with van der Waals surface area (Å²) >= 11 is 0. The van der Waals surface area contributed by atoms with Crippen molar-refractivity contribution in [1.29, 1.82) is 0 Å². The van der Waals surface area contributed by atoms with Crippen molar-refractivity contribution in [3.05, 3.63) is 23.8 Å². The van der Waals surface area contributed by atoms with E-state index in [1.807, 2.05) is 0 Å². The summed E-state index contributed by atoms with van der Waals surface area (Å²) < 4.78 is 38.6. The molecule has 0 aliphatic heterocycles. The summed E-state index contributed by atoms with van der Waals surface area (Å²) in [5.74, 6) is -1.25. The van der Waals surface area contributed by atoms with Gasteiger partial charge in [-0.1, -0.05) is 13.8 Å². The molecular formula is C16H25Cl2F3N4O2. The Morgan fingerprint density at radius 1 is 1.19 bits per heavy atom. The number of benzene rings is 1. The minimum absolute atomic E-state index is 0. The molecule has 6 nitrogen and oxygen atoms in total. The third-order valence-electron chi connectivity index (χ3n) is 3.52. The summed E-state index contributed by atoms with van der Waals surface area (Å²) in [5.41, 5.74) is 5.19. The van der Waals surface area contributed by atoms with Gasteiger partial charge in [0, 0.05) is 14.1 Å². The molecule has 0 spiro atoms. The van der Waals surface area contributed by atoms with Crippen molar-refractivity contribution in [3.63, 3.8) is 0 Å². The number of alkyl halides is 3. The van der Waals surface area contributed by atoms with Crippen LogP contribution in [0.1, 0.15) is 19.4 Å². The zero-order chi connectivity index (χ0) is 19.4. The van der Waals surface area contributed by atoms with Gasteiger partial charge in [-0.3, -0.25) is 9.59 Å². The second-order valence-corrected chi connectivity index (χ2v) is 6.16. The highest BCUT2D eigenvalue weighted by Gasteiger charge is 2.31. The van der Waals surface area contributed by atoms with E-state index in [9.17, 15) is 22.8 Å². The minimum Gasteiger partial charge on any atom is -0.376 e. The summed E-state index contributed by atoms with van der Waals surface area (Å²) in [6.45, 7) is 3.13. The van der Waals surface area contributed by atoms with E-state index in [1.54, 1.807) is 32.8 Å². The molecule has 11 heteroatoms. The first-order valence-corrected chi connectivity index (χ1v) is 7.65. The summed E-state index contributed by atoms with van der Waals surface area (Å²) in [6, 6.07) is 2.30. The summed E-state index contributed by atoms with van der Waals surface area (Å²) in [5, 5.41) is 4.76. The van der Waals surface area contributed by atoms with Crippen molar-refractivity contribution in [3.8, 4) is 0 Å². The summed E-state index contributed by atoms with van der Waals surface area (Å²) in [6.07, 6.45) is -4.53. The third kappa shape index (κ3) is 8.23. The van der Waals surface area contributed by atoms with Crippen LogP contribution in [0.15, 0.2) is 18.2 Å². The lowest BCUT2D eigenvalue weighted by atomic mass is 10.1. The van der Waals surface area contributed by atoms with Crippen LogP contribution in [0.25, 0.3) is 0 Å². The SMILES string of the molecule is CC(C)[C@H](N)C(=O)NCC(=O)Nc1cc(C(F)(F)F)ccc1N(C)C.Cl.Cl. The Kier molecular flexibility index (Phi) is 11.4. The quantitative estimate of drug-likeness (QED) is 0.644. The molecule has 1 rings (SSSR count). The molecule has 0 bridgehead atoms. The van der Waals surface area contributed by atoms with Crippen LogP contribution in [-0.4, -0.2) is 38.5 Å². The maximum absolute atomic E-state index is 12.9. The second kappa shape index (κ2) is 11.2. The van der Waals surface area contributed by atoms with Gasteiger partial charge in [0.25, 0.3) is 0 Å². The first kappa shape index (κ1) is 27.5. The molecule has 0 radical (unpaired) electrons. The Bertz CT molecular complexity index is 641.